The summed E-state index contributed by atoms with van der Waals surface area (Å²) in [6.45, 7) is 0.248. The van der Waals surface area contributed by atoms with Crippen molar-refractivity contribution in [3.05, 3.63) is 40.7 Å². The van der Waals surface area contributed by atoms with E-state index in [2.05, 4.69) is 10.2 Å². The molecule has 0 atom stereocenters. The molecule has 0 saturated carbocycles. The van der Waals surface area contributed by atoms with Gasteiger partial charge in [0.1, 0.15) is 0 Å². The summed E-state index contributed by atoms with van der Waals surface area (Å²) >= 11 is 0. The second-order valence-electron chi connectivity index (χ2n) is 3.37. The fourth-order valence-electron chi connectivity index (χ4n) is 1.56. The molecule has 0 saturated heterocycles. The summed E-state index contributed by atoms with van der Waals surface area (Å²) in [5.74, 6) is 1.43. The highest BCUT2D eigenvalue weighted by atomic mass is 16.7. The van der Waals surface area contributed by atoms with Crippen LogP contribution in [-0.2, 0) is 0 Å². The number of ether oxygens (including phenoxy) is 2. The highest BCUT2D eigenvalue weighted by Gasteiger charge is 2.14. The van der Waals surface area contributed by atoms with Gasteiger partial charge in [0, 0.05) is 11.6 Å². The van der Waals surface area contributed by atoms with Crippen molar-refractivity contribution in [2.75, 3.05) is 6.79 Å². The molecule has 1 aliphatic heterocycles. The molecule has 0 amide bonds. The van der Waals surface area contributed by atoms with Gasteiger partial charge in [-0.3, -0.25) is 4.79 Å². The molecule has 80 valence electrons. The smallest absolute Gasteiger partial charge is 0.264 e. The van der Waals surface area contributed by atoms with Crippen LogP contribution in [0.4, 0.5) is 0 Å². The van der Waals surface area contributed by atoms with Crippen molar-refractivity contribution >= 4 is 0 Å². The average molecular weight is 216 g/mol. The minimum atomic E-state index is -0.218. The fourth-order valence-corrected chi connectivity index (χ4v) is 1.56. The number of hydrogen-bond donors (Lipinski definition) is 1. The van der Waals surface area contributed by atoms with E-state index in [-0.39, 0.29) is 12.4 Å². The molecule has 3 rings (SSSR count). The fraction of sp³-hybridized carbons (Fsp3) is 0.0909. The molecule has 0 fully saturated rings. The third kappa shape index (κ3) is 1.42. The van der Waals surface area contributed by atoms with E-state index in [1.165, 1.54) is 6.07 Å². The van der Waals surface area contributed by atoms with Crippen LogP contribution in [0.15, 0.2) is 35.1 Å². The lowest BCUT2D eigenvalue weighted by Gasteiger charge is -2.01. The molecule has 5 nitrogen and oxygen atoms in total. The molecule has 0 unspecified atom stereocenters. The predicted octanol–water partition coefficient (Wildman–Crippen LogP) is 1.17. The van der Waals surface area contributed by atoms with Crippen LogP contribution in [-0.4, -0.2) is 17.0 Å². The Morgan fingerprint density at radius 2 is 2.00 bits per heavy atom. The Balaban J connectivity index is 2.07. The van der Waals surface area contributed by atoms with E-state index in [0.717, 1.165) is 11.3 Å². The highest BCUT2D eigenvalue weighted by Crippen LogP contribution is 2.34. The summed E-state index contributed by atoms with van der Waals surface area (Å²) < 4.78 is 10.5. The molecule has 5 heteroatoms. The van der Waals surface area contributed by atoms with Gasteiger partial charge in [-0.2, -0.15) is 5.10 Å². The summed E-state index contributed by atoms with van der Waals surface area (Å²) in [5, 5.41) is 6.33. The lowest BCUT2D eigenvalue weighted by Crippen LogP contribution is -2.05. The normalized spacial score (nSPS) is 12.8. The Kier molecular flexibility index (Phi) is 1.89. The first kappa shape index (κ1) is 8.96. The lowest BCUT2D eigenvalue weighted by molar-refractivity contribution is 0.174. The monoisotopic (exact) mass is 216 g/mol. The topological polar surface area (TPSA) is 64.2 Å². The molecule has 2 heterocycles. The number of nitrogens with one attached hydrogen (secondary N) is 1. The maximum atomic E-state index is 10.9. The van der Waals surface area contributed by atoms with Crippen LogP contribution in [0.5, 0.6) is 11.5 Å². The van der Waals surface area contributed by atoms with Crippen LogP contribution >= 0.6 is 0 Å². The minimum absolute atomic E-state index is 0.218. The SMILES string of the molecule is O=c1ccc(-c2ccc3c(c2)OCO3)n[nH]1. The molecule has 1 aromatic heterocycles. The van der Waals surface area contributed by atoms with Crippen molar-refractivity contribution in [3.8, 4) is 22.8 Å². The number of H-pyrrole nitrogens is 1. The van der Waals surface area contributed by atoms with Crippen LogP contribution in [0.2, 0.25) is 0 Å². The zero-order chi connectivity index (χ0) is 11.0. The van der Waals surface area contributed by atoms with Gasteiger partial charge in [-0.25, -0.2) is 5.10 Å². The molecule has 0 spiro atoms. The molecule has 1 aliphatic rings. The average Bonchev–Trinajstić information content (AvgIpc) is 2.77. The lowest BCUT2D eigenvalue weighted by atomic mass is 10.1. The number of hydrogen-bond acceptors (Lipinski definition) is 4. The first-order chi connectivity index (χ1) is 7.83. The number of aromatic nitrogens is 2. The maximum absolute atomic E-state index is 10.9. The van der Waals surface area contributed by atoms with E-state index in [4.69, 9.17) is 9.47 Å². The second kappa shape index (κ2) is 3.37. The van der Waals surface area contributed by atoms with Gasteiger partial charge >= 0.3 is 0 Å². The molecule has 0 aliphatic carbocycles. The zero-order valence-electron chi connectivity index (χ0n) is 8.27. The molecular weight excluding hydrogens is 208 g/mol. The van der Waals surface area contributed by atoms with Crippen LogP contribution in [0, 0.1) is 0 Å². The van der Waals surface area contributed by atoms with Crippen molar-refractivity contribution in [1.82, 2.24) is 10.2 Å². The van der Waals surface area contributed by atoms with Crippen molar-refractivity contribution in [2.45, 2.75) is 0 Å². The van der Waals surface area contributed by atoms with Crippen LogP contribution < -0.4 is 15.0 Å². The summed E-state index contributed by atoms with van der Waals surface area (Å²) in [6.07, 6.45) is 0. The Labute approximate surface area is 90.6 Å². The van der Waals surface area contributed by atoms with E-state index in [1.54, 1.807) is 6.07 Å². The van der Waals surface area contributed by atoms with E-state index in [0.29, 0.717) is 11.4 Å². The van der Waals surface area contributed by atoms with Gasteiger partial charge in [0.15, 0.2) is 11.5 Å². The van der Waals surface area contributed by atoms with Crippen molar-refractivity contribution in [2.24, 2.45) is 0 Å². The maximum Gasteiger partial charge on any atom is 0.264 e. The zero-order valence-corrected chi connectivity index (χ0v) is 8.27. The number of fused-ring (bicyclic) bond motifs is 1. The molecule has 2 aromatic rings. The number of nitrogens with zero attached hydrogens (tertiary/aromatic N) is 1. The minimum Gasteiger partial charge on any atom is -0.454 e. The van der Waals surface area contributed by atoms with Crippen molar-refractivity contribution < 1.29 is 9.47 Å². The van der Waals surface area contributed by atoms with Gasteiger partial charge in [-0.15, -0.1) is 0 Å². The van der Waals surface area contributed by atoms with Gasteiger partial charge < -0.3 is 9.47 Å². The Morgan fingerprint density at radius 3 is 2.81 bits per heavy atom. The molecular formula is C11H8N2O3. The molecule has 0 bridgehead atoms. The molecule has 1 aromatic carbocycles. The van der Waals surface area contributed by atoms with Crippen LogP contribution in [0.25, 0.3) is 11.3 Å². The van der Waals surface area contributed by atoms with Crippen LogP contribution in [0.3, 0.4) is 0 Å². The van der Waals surface area contributed by atoms with E-state index < -0.39 is 0 Å². The van der Waals surface area contributed by atoms with E-state index in [9.17, 15) is 4.79 Å². The first-order valence-electron chi connectivity index (χ1n) is 4.79. The summed E-state index contributed by atoms with van der Waals surface area (Å²) in [4.78, 5) is 10.9. The van der Waals surface area contributed by atoms with Gasteiger partial charge in [-0.1, -0.05) is 0 Å². The Morgan fingerprint density at radius 1 is 1.12 bits per heavy atom. The summed E-state index contributed by atoms with van der Waals surface area (Å²) in [5.41, 5.74) is 1.35. The molecule has 16 heavy (non-hydrogen) atoms. The molecule has 0 radical (unpaired) electrons. The number of rotatable bonds is 1. The second-order valence-corrected chi connectivity index (χ2v) is 3.37. The highest BCUT2D eigenvalue weighted by molar-refractivity contribution is 5.63. The Bertz CT molecular complexity index is 572. The largest absolute Gasteiger partial charge is 0.454 e. The van der Waals surface area contributed by atoms with Crippen LogP contribution in [0.1, 0.15) is 0 Å². The van der Waals surface area contributed by atoms with Gasteiger partial charge in [0.2, 0.25) is 6.79 Å². The predicted molar refractivity (Wildman–Crippen MR) is 56.4 cm³/mol. The third-order valence-corrected chi connectivity index (χ3v) is 2.35. The first-order valence-corrected chi connectivity index (χ1v) is 4.79. The Hall–Kier alpha value is -2.30. The van der Waals surface area contributed by atoms with E-state index in [1.807, 2.05) is 18.2 Å². The summed E-state index contributed by atoms with van der Waals surface area (Å²) in [6, 6.07) is 8.63. The van der Waals surface area contributed by atoms with Gasteiger partial charge in [0.05, 0.1) is 5.69 Å². The standard InChI is InChI=1S/C11H8N2O3/c14-11-4-2-8(12-13-11)7-1-3-9-10(5-7)16-6-15-9/h1-5H,6H2,(H,13,14). The van der Waals surface area contributed by atoms with Gasteiger partial charge in [0.25, 0.3) is 5.56 Å². The van der Waals surface area contributed by atoms with Gasteiger partial charge in [-0.05, 0) is 24.3 Å². The number of benzene rings is 1. The summed E-state index contributed by atoms with van der Waals surface area (Å²) in [7, 11) is 0. The quantitative estimate of drug-likeness (QED) is 0.777. The number of aromatic amines is 1. The molecule has 1 N–H and O–H groups in total. The third-order valence-electron chi connectivity index (χ3n) is 2.35. The van der Waals surface area contributed by atoms with E-state index >= 15 is 0 Å². The van der Waals surface area contributed by atoms with Crippen molar-refractivity contribution in [1.29, 1.82) is 0 Å². The van der Waals surface area contributed by atoms with Crippen molar-refractivity contribution in [3.63, 3.8) is 0 Å².